The van der Waals surface area contributed by atoms with Gasteiger partial charge in [-0.25, -0.2) is 9.97 Å². The number of hydrogen-bond acceptors (Lipinski definition) is 5. The third kappa shape index (κ3) is 4.22. The van der Waals surface area contributed by atoms with Crippen LogP contribution < -0.4 is 5.43 Å². The maximum Gasteiger partial charge on any atom is 0.162 e. The van der Waals surface area contributed by atoms with Crippen LogP contribution in [0.4, 0.5) is 5.82 Å². The third-order valence-corrected chi connectivity index (χ3v) is 3.90. The Hall–Kier alpha value is -3.86. The maximum atomic E-state index is 4.73. The van der Waals surface area contributed by atoms with Gasteiger partial charge in [-0.15, -0.1) is 0 Å². The van der Waals surface area contributed by atoms with Crippen molar-refractivity contribution < 1.29 is 0 Å². The predicted octanol–water partition coefficient (Wildman–Crippen LogP) is 4.65. The third-order valence-electron chi connectivity index (χ3n) is 3.90. The second-order valence-electron chi connectivity index (χ2n) is 5.85. The smallest absolute Gasteiger partial charge is 0.162 e. The van der Waals surface area contributed by atoms with Gasteiger partial charge in [0.1, 0.15) is 0 Å². The Morgan fingerprint density at radius 1 is 0.778 bits per heavy atom. The van der Waals surface area contributed by atoms with E-state index in [0.717, 1.165) is 22.4 Å². The molecule has 5 nitrogen and oxygen atoms in total. The molecular formula is C22H17N5. The van der Waals surface area contributed by atoms with Gasteiger partial charge in [0.25, 0.3) is 0 Å². The van der Waals surface area contributed by atoms with Crippen LogP contribution in [0.15, 0.2) is 96.4 Å². The molecule has 130 valence electrons. The standard InChI is InChI=1S/C22H17N5/c1-3-9-18(10-4-1)20-14-21(27-24-16-17-8-7-13-23-15-17)26-22(25-20)19-11-5-2-6-12-19/h1-16H,(H,25,26,27)/b24-16+. The van der Waals surface area contributed by atoms with E-state index in [9.17, 15) is 0 Å². The number of hydrazone groups is 1. The quantitative estimate of drug-likeness (QED) is 0.420. The van der Waals surface area contributed by atoms with Gasteiger partial charge in [-0.1, -0.05) is 66.7 Å². The van der Waals surface area contributed by atoms with Crippen molar-refractivity contribution in [1.82, 2.24) is 15.0 Å². The van der Waals surface area contributed by atoms with Crippen LogP contribution in [0, 0.1) is 0 Å². The number of nitrogens with zero attached hydrogens (tertiary/aromatic N) is 4. The van der Waals surface area contributed by atoms with Crippen LogP contribution in [-0.2, 0) is 0 Å². The molecule has 4 rings (SSSR count). The summed E-state index contributed by atoms with van der Waals surface area (Å²) in [6.45, 7) is 0. The van der Waals surface area contributed by atoms with Crippen LogP contribution in [-0.4, -0.2) is 21.2 Å². The molecule has 0 amide bonds. The maximum absolute atomic E-state index is 4.73. The normalized spacial score (nSPS) is 10.8. The van der Waals surface area contributed by atoms with E-state index in [0.29, 0.717) is 11.6 Å². The predicted molar refractivity (Wildman–Crippen MR) is 108 cm³/mol. The minimum atomic E-state index is 0.628. The fraction of sp³-hybridized carbons (Fsp3) is 0. The molecule has 2 aromatic carbocycles. The summed E-state index contributed by atoms with van der Waals surface area (Å²) in [6.07, 6.45) is 5.18. The molecule has 0 aliphatic heterocycles. The van der Waals surface area contributed by atoms with Crippen LogP contribution in [0.2, 0.25) is 0 Å². The minimum Gasteiger partial charge on any atom is -0.264 e. The van der Waals surface area contributed by atoms with Gasteiger partial charge in [0.2, 0.25) is 0 Å². The van der Waals surface area contributed by atoms with Crippen LogP contribution in [0.5, 0.6) is 0 Å². The summed E-state index contributed by atoms with van der Waals surface area (Å²) in [5, 5.41) is 4.28. The molecule has 0 aliphatic carbocycles. The molecule has 2 heterocycles. The molecule has 0 radical (unpaired) electrons. The molecule has 0 atom stereocenters. The first-order valence-corrected chi connectivity index (χ1v) is 8.57. The van der Waals surface area contributed by atoms with Crippen molar-refractivity contribution in [3.05, 3.63) is 96.8 Å². The number of nitrogens with one attached hydrogen (secondary N) is 1. The highest BCUT2D eigenvalue weighted by atomic mass is 15.3. The highest BCUT2D eigenvalue weighted by Crippen LogP contribution is 2.24. The van der Waals surface area contributed by atoms with E-state index in [-0.39, 0.29) is 0 Å². The Balaban J connectivity index is 1.69. The number of pyridine rings is 1. The van der Waals surface area contributed by atoms with Gasteiger partial charge in [0, 0.05) is 35.2 Å². The number of hydrogen-bond donors (Lipinski definition) is 1. The van der Waals surface area contributed by atoms with E-state index in [1.54, 1.807) is 18.6 Å². The van der Waals surface area contributed by atoms with Crippen LogP contribution >= 0.6 is 0 Å². The molecule has 4 aromatic rings. The van der Waals surface area contributed by atoms with Gasteiger partial charge in [-0.3, -0.25) is 10.4 Å². The number of rotatable bonds is 5. The van der Waals surface area contributed by atoms with Gasteiger partial charge >= 0.3 is 0 Å². The summed E-state index contributed by atoms with van der Waals surface area (Å²) in [5.74, 6) is 1.28. The van der Waals surface area contributed by atoms with E-state index in [2.05, 4.69) is 20.5 Å². The Morgan fingerprint density at radius 2 is 1.52 bits per heavy atom. The second-order valence-corrected chi connectivity index (χ2v) is 5.85. The lowest BCUT2D eigenvalue weighted by Gasteiger charge is -2.08. The first-order chi connectivity index (χ1) is 13.4. The lowest BCUT2D eigenvalue weighted by Crippen LogP contribution is -1.99. The summed E-state index contributed by atoms with van der Waals surface area (Å²) in [5.41, 5.74) is 6.73. The molecule has 0 saturated heterocycles. The van der Waals surface area contributed by atoms with Crippen LogP contribution in [0.25, 0.3) is 22.6 Å². The Labute approximate surface area is 157 Å². The number of anilines is 1. The zero-order chi connectivity index (χ0) is 18.3. The molecule has 0 spiro atoms. The van der Waals surface area contributed by atoms with E-state index in [1.807, 2.05) is 78.9 Å². The fourth-order valence-corrected chi connectivity index (χ4v) is 2.60. The largest absolute Gasteiger partial charge is 0.264 e. The highest BCUT2D eigenvalue weighted by Gasteiger charge is 2.08. The van der Waals surface area contributed by atoms with E-state index < -0.39 is 0 Å². The van der Waals surface area contributed by atoms with Gasteiger partial charge in [-0.05, 0) is 6.07 Å². The average Bonchev–Trinajstić information content (AvgIpc) is 2.76. The summed E-state index contributed by atoms with van der Waals surface area (Å²) in [4.78, 5) is 13.4. The van der Waals surface area contributed by atoms with Crippen molar-refractivity contribution >= 4 is 12.0 Å². The van der Waals surface area contributed by atoms with Crippen molar-refractivity contribution in [3.8, 4) is 22.6 Å². The highest BCUT2D eigenvalue weighted by molar-refractivity contribution is 5.79. The second kappa shape index (κ2) is 8.01. The Bertz CT molecular complexity index is 974. The van der Waals surface area contributed by atoms with Crippen LogP contribution in [0.1, 0.15) is 5.56 Å². The Kier molecular flexibility index (Phi) is 4.93. The van der Waals surface area contributed by atoms with Crippen molar-refractivity contribution in [3.63, 3.8) is 0 Å². The number of aromatic nitrogens is 3. The lowest BCUT2D eigenvalue weighted by atomic mass is 10.1. The molecule has 27 heavy (non-hydrogen) atoms. The molecule has 1 N–H and O–H groups in total. The first kappa shape index (κ1) is 16.6. The van der Waals surface area contributed by atoms with Gasteiger partial charge in [0.05, 0.1) is 11.9 Å². The molecule has 5 heteroatoms. The molecule has 0 saturated carbocycles. The molecule has 0 unspecified atom stereocenters. The lowest BCUT2D eigenvalue weighted by molar-refractivity contribution is 1.15. The number of benzene rings is 2. The molecule has 0 bridgehead atoms. The van der Waals surface area contributed by atoms with Gasteiger partial charge < -0.3 is 0 Å². The van der Waals surface area contributed by atoms with Crippen molar-refractivity contribution in [2.45, 2.75) is 0 Å². The topological polar surface area (TPSA) is 63.1 Å². The van der Waals surface area contributed by atoms with Gasteiger partial charge in [0.15, 0.2) is 11.6 Å². The van der Waals surface area contributed by atoms with Crippen molar-refractivity contribution in [2.24, 2.45) is 5.10 Å². The SMILES string of the molecule is C(=N\Nc1cc(-c2ccccc2)nc(-c2ccccc2)n1)/c1cccnc1. The zero-order valence-electron chi connectivity index (χ0n) is 14.5. The van der Waals surface area contributed by atoms with Crippen molar-refractivity contribution in [2.75, 3.05) is 5.43 Å². The Morgan fingerprint density at radius 3 is 2.22 bits per heavy atom. The van der Waals surface area contributed by atoms with Crippen LogP contribution in [0.3, 0.4) is 0 Å². The van der Waals surface area contributed by atoms with E-state index in [1.165, 1.54) is 0 Å². The summed E-state index contributed by atoms with van der Waals surface area (Å²) < 4.78 is 0. The molecular weight excluding hydrogens is 334 g/mol. The van der Waals surface area contributed by atoms with Gasteiger partial charge in [-0.2, -0.15) is 5.10 Å². The fourth-order valence-electron chi connectivity index (χ4n) is 2.60. The zero-order valence-corrected chi connectivity index (χ0v) is 14.5. The molecule has 2 aromatic heterocycles. The summed E-state index contributed by atoms with van der Waals surface area (Å²) in [7, 11) is 0. The van der Waals surface area contributed by atoms with E-state index >= 15 is 0 Å². The summed E-state index contributed by atoms with van der Waals surface area (Å²) in [6, 6.07) is 25.6. The molecule has 0 fully saturated rings. The van der Waals surface area contributed by atoms with E-state index in [4.69, 9.17) is 4.98 Å². The average molecular weight is 351 g/mol. The molecule has 0 aliphatic rings. The first-order valence-electron chi connectivity index (χ1n) is 8.57. The summed E-state index contributed by atoms with van der Waals surface area (Å²) >= 11 is 0. The van der Waals surface area contributed by atoms with Crippen molar-refractivity contribution in [1.29, 1.82) is 0 Å². The minimum absolute atomic E-state index is 0.628. The monoisotopic (exact) mass is 351 g/mol.